The normalized spacial score (nSPS) is 10.3. The number of hydrogen-bond acceptors (Lipinski definition) is 2. The molecule has 1 heterocycles. The quantitative estimate of drug-likeness (QED) is 0.782. The van der Waals surface area contributed by atoms with E-state index in [0.717, 1.165) is 17.3 Å². The van der Waals surface area contributed by atoms with Crippen LogP contribution in [0.15, 0.2) is 48.8 Å². The average Bonchev–Trinajstić information content (AvgIpc) is 2.41. The number of nitrogens with zero attached hydrogens (tertiary/aromatic N) is 2. The van der Waals surface area contributed by atoms with Crippen LogP contribution in [0, 0.1) is 0 Å². The number of halogens is 1. The molecule has 0 aliphatic rings. The van der Waals surface area contributed by atoms with E-state index in [0.29, 0.717) is 6.61 Å². The van der Waals surface area contributed by atoms with Crippen molar-refractivity contribution in [2.24, 2.45) is 0 Å². The molecular formula is C15H18ClN2O+. The van der Waals surface area contributed by atoms with E-state index in [1.54, 1.807) is 0 Å². The lowest BCUT2D eigenvalue weighted by Crippen LogP contribution is -2.35. The molecule has 0 saturated heterocycles. The number of anilines is 1. The first-order valence-corrected chi connectivity index (χ1v) is 6.58. The van der Waals surface area contributed by atoms with Gasteiger partial charge in [-0.1, -0.05) is 11.6 Å². The van der Waals surface area contributed by atoms with Gasteiger partial charge in [0.2, 0.25) is 0 Å². The van der Waals surface area contributed by atoms with E-state index in [9.17, 15) is 0 Å². The minimum atomic E-state index is 0.633. The van der Waals surface area contributed by atoms with Crippen LogP contribution in [-0.2, 0) is 6.54 Å². The van der Waals surface area contributed by atoms with Gasteiger partial charge in [-0.25, -0.2) is 4.57 Å². The molecule has 0 atom stereocenters. The number of rotatable bonds is 5. The molecule has 0 aliphatic heterocycles. The molecule has 0 saturated carbocycles. The van der Waals surface area contributed by atoms with E-state index >= 15 is 0 Å². The van der Waals surface area contributed by atoms with Gasteiger partial charge in [0.05, 0.1) is 0 Å². The number of ether oxygens (including phenoxy) is 1. The van der Waals surface area contributed by atoms with Crippen molar-refractivity contribution >= 4 is 17.3 Å². The first-order valence-electron chi connectivity index (χ1n) is 6.20. The molecule has 0 radical (unpaired) electrons. The van der Waals surface area contributed by atoms with Gasteiger partial charge < -0.3 is 9.64 Å². The summed E-state index contributed by atoms with van der Waals surface area (Å²) >= 11 is 5.82. The summed E-state index contributed by atoms with van der Waals surface area (Å²) in [5.74, 6) is 0.843. The summed E-state index contributed by atoms with van der Waals surface area (Å²) in [5, 5.41) is 0.723. The number of benzene rings is 1. The average molecular weight is 278 g/mol. The second-order valence-corrected chi connectivity index (χ2v) is 4.93. The minimum absolute atomic E-state index is 0.633. The van der Waals surface area contributed by atoms with Crippen LogP contribution in [0.2, 0.25) is 5.02 Å². The van der Waals surface area contributed by atoms with Crippen LogP contribution in [0.3, 0.4) is 0 Å². The van der Waals surface area contributed by atoms with E-state index in [1.165, 1.54) is 5.69 Å². The molecule has 0 fully saturated rings. The monoisotopic (exact) mass is 277 g/mol. The third-order valence-corrected chi connectivity index (χ3v) is 3.07. The SMILES string of the molecule is CN(C)c1cc[n+](CCOc2ccc(Cl)cc2)cc1. The van der Waals surface area contributed by atoms with Crippen molar-refractivity contribution in [3.8, 4) is 5.75 Å². The van der Waals surface area contributed by atoms with Crippen LogP contribution in [-0.4, -0.2) is 20.7 Å². The van der Waals surface area contributed by atoms with Gasteiger partial charge in [0.15, 0.2) is 18.9 Å². The second-order valence-electron chi connectivity index (χ2n) is 4.49. The Labute approximate surface area is 119 Å². The topological polar surface area (TPSA) is 16.4 Å². The van der Waals surface area contributed by atoms with Crippen LogP contribution in [0.5, 0.6) is 5.75 Å². The Morgan fingerprint density at radius 2 is 1.68 bits per heavy atom. The van der Waals surface area contributed by atoms with Crippen molar-refractivity contribution in [2.75, 3.05) is 25.6 Å². The van der Waals surface area contributed by atoms with Gasteiger partial charge in [0.25, 0.3) is 0 Å². The molecule has 0 spiro atoms. The third-order valence-electron chi connectivity index (χ3n) is 2.82. The fourth-order valence-electron chi connectivity index (χ4n) is 1.70. The summed E-state index contributed by atoms with van der Waals surface area (Å²) in [6.45, 7) is 1.45. The fourth-order valence-corrected chi connectivity index (χ4v) is 1.82. The summed E-state index contributed by atoms with van der Waals surface area (Å²) in [6, 6.07) is 11.6. The first-order chi connectivity index (χ1) is 9.15. The predicted octanol–water partition coefficient (Wildman–Crippen LogP) is 2.77. The second kappa shape index (κ2) is 6.43. The molecule has 0 amide bonds. The molecule has 1 aromatic carbocycles. The highest BCUT2D eigenvalue weighted by molar-refractivity contribution is 6.30. The molecule has 19 heavy (non-hydrogen) atoms. The Morgan fingerprint density at radius 3 is 2.26 bits per heavy atom. The summed E-state index contributed by atoms with van der Waals surface area (Å²) < 4.78 is 7.75. The standard InChI is InChI=1S/C15H18ClN2O/c1-17(2)14-7-9-18(10-8-14)11-12-19-15-5-3-13(16)4-6-15/h3-10H,11-12H2,1-2H3/q+1. The molecule has 2 aromatic rings. The van der Waals surface area contributed by atoms with Crippen molar-refractivity contribution in [3.63, 3.8) is 0 Å². The minimum Gasteiger partial charge on any atom is -0.487 e. The van der Waals surface area contributed by atoms with Gasteiger partial charge in [0.1, 0.15) is 12.4 Å². The van der Waals surface area contributed by atoms with Gasteiger partial charge in [-0.3, -0.25) is 0 Å². The summed E-state index contributed by atoms with van der Waals surface area (Å²) in [6.07, 6.45) is 4.11. The van der Waals surface area contributed by atoms with Crippen LogP contribution in [0.4, 0.5) is 5.69 Å². The molecular weight excluding hydrogens is 260 g/mol. The molecule has 0 N–H and O–H groups in total. The lowest BCUT2D eigenvalue weighted by molar-refractivity contribution is -0.697. The van der Waals surface area contributed by atoms with Crippen molar-refractivity contribution in [1.82, 2.24) is 0 Å². The highest BCUT2D eigenvalue weighted by Gasteiger charge is 2.02. The van der Waals surface area contributed by atoms with Crippen LogP contribution in [0.1, 0.15) is 0 Å². The van der Waals surface area contributed by atoms with E-state index in [-0.39, 0.29) is 0 Å². The maximum atomic E-state index is 5.82. The molecule has 100 valence electrons. The Morgan fingerprint density at radius 1 is 1.05 bits per heavy atom. The lowest BCUT2D eigenvalue weighted by atomic mass is 10.3. The van der Waals surface area contributed by atoms with E-state index in [2.05, 4.69) is 34.0 Å². The van der Waals surface area contributed by atoms with Crippen LogP contribution in [0.25, 0.3) is 0 Å². The Bertz CT molecular complexity index is 509. The first kappa shape index (κ1) is 13.7. The van der Waals surface area contributed by atoms with E-state index in [1.807, 2.05) is 38.4 Å². The smallest absolute Gasteiger partial charge is 0.182 e. The van der Waals surface area contributed by atoms with Gasteiger partial charge in [-0.05, 0) is 24.3 Å². The summed E-state index contributed by atoms with van der Waals surface area (Å²) in [5.41, 5.74) is 1.19. The Kier molecular flexibility index (Phi) is 4.63. The fraction of sp³-hybridized carbons (Fsp3) is 0.267. The highest BCUT2D eigenvalue weighted by Crippen LogP contribution is 2.15. The molecule has 3 nitrogen and oxygen atoms in total. The van der Waals surface area contributed by atoms with Crippen molar-refractivity contribution in [2.45, 2.75) is 6.54 Å². The number of pyridine rings is 1. The van der Waals surface area contributed by atoms with Gasteiger partial charge >= 0.3 is 0 Å². The Balaban J connectivity index is 1.83. The van der Waals surface area contributed by atoms with Gasteiger partial charge in [-0.15, -0.1) is 0 Å². The number of hydrogen-bond donors (Lipinski definition) is 0. The molecule has 0 aliphatic carbocycles. The van der Waals surface area contributed by atoms with Crippen molar-refractivity contribution in [3.05, 3.63) is 53.8 Å². The summed E-state index contributed by atoms with van der Waals surface area (Å²) in [7, 11) is 4.06. The van der Waals surface area contributed by atoms with Crippen LogP contribution < -0.4 is 14.2 Å². The maximum Gasteiger partial charge on any atom is 0.182 e. The maximum absolute atomic E-state index is 5.82. The molecule has 0 bridgehead atoms. The third kappa shape index (κ3) is 4.14. The summed E-state index contributed by atoms with van der Waals surface area (Å²) in [4.78, 5) is 2.08. The largest absolute Gasteiger partial charge is 0.487 e. The highest BCUT2D eigenvalue weighted by atomic mass is 35.5. The van der Waals surface area contributed by atoms with Crippen LogP contribution >= 0.6 is 11.6 Å². The molecule has 2 rings (SSSR count). The number of aromatic nitrogens is 1. The van der Waals surface area contributed by atoms with Gasteiger partial charge in [-0.2, -0.15) is 0 Å². The van der Waals surface area contributed by atoms with E-state index < -0.39 is 0 Å². The Hall–Kier alpha value is -1.74. The lowest BCUT2D eigenvalue weighted by Gasteiger charge is -2.10. The zero-order chi connectivity index (χ0) is 13.7. The zero-order valence-corrected chi connectivity index (χ0v) is 12.0. The van der Waals surface area contributed by atoms with E-state index in [4.69, 9.17) is 16.3 Å². The van der Waals surface area contributed by atoms with Crippen molar-refractivity contribution < 1.29 is 9.30 Å². The van der Waals surface area contributed by atoms with Gasteiger partial charge in [0, 0.05) is 36.9 Å². The van der Waals surface area contributed by atoms with Crippen molar-refractivity contribution in [1.29, 1.82) is 0 Å². The molecule has 4 heteroatoms. The molecule has 1 aromatic heterocycles. The zero-order valence-electron chi connectivity index (χ0n) is 11.2. The predicted molar refractivity (Wildman–Crippen MR) is 77.9 cm³/mol. The molecule has 0 unspecified atom stereocenters.